The summed E-state index contributed by atoms with van der Waals surface area (Å²) in [4.78, 5) is 41.8. The molecule has 212 valence electrons. The third kappa shape index (κ3) is 7.85. The summed E-state index contributed by atoms with van der Waals surface area (Å²) in [6.07, 6.45) is 1.82. The normalized spacial score (nSPS) is 18.2. The fourth-order valence-corrected chi connectivity index (χ4v) is 5.17. The highest BCUT2D eigenvalue weighted by molar-refractivity contribution is 5.94. The third-order valence-corrected chi connectivity index (χ3v) is 7.09. The second kappa shape index (κ2) is 13.2. The zero-order chi connectivity index (χ0) is 28.6. The van der Waals surface area contributed by atoms with Crippen molar-refractivity contribution in [2.75, 3.05) is 26.2 Å². The Morgan fingerprint density at radius 1 is 1.13 bits per heavy atom. The van der Waals surface area contributed by atoms with Gasteiger partial charge in [0, 0.05) is 31.8 Å². The first-order valence-corrected chi connectivity index (χ1v) is 13.4. The summed E-state index contributed by atoms with van der Waals surface area (Å²) < 4.78 is 32.6. The Morgan fingerprint density at radius 3 is 2.49 bits per heavy atom. The van der Waals surface area contributed by atoms with Crippen LogP contribution in [0.4, 0.5) is 8.78 Å². The summed E-state index contributed by atoms with van der Waals surface area (Å²) in [5, 5.41) is 12.3. The molecule has 0 spiro atoms. The summed E-state index contributed by atoms with van der Waals surface area (Å²) in [5.74, 6) is -4.38. The lowest BCUT2D eigenvalue weighted by molar-refractivity contribution is -0.169. The monoisotopic (exact) mass is 544 g/mol. The lowest BCUT2D eigenvalue weighted by Crippen LogP contribution is -2.47. The lowest BCUT2D eigenvalue weighted by Gasteiger charge is -2.36. The van der Waals surface area contributed by atoms with E-state index in [0.717, 1.165) is 17.7 Å². The molecule has 0 saturated carbocycles. The number of hydrogen-bond acceptors (Lipinski definition) is 5. The van der Waals surface area contributed by atoms with Gasteiger partial charge in [-0.05, 0) is 76.6 Å². The summed E-state index contributed by atoms with van der Waals surface area (Å²) >= 11 is 0. The maximum Gasteiger partial charge on any atom is 0.310 e. The number of aliphatic hydroxyl groups excluding tert-OH is 1. The molecule has 39 heavy (non-hydrogen) atoms. The van der Waals surface area contributed by atoms with Crippen molar-refractivity contribution in [1.29, 1.82) is 0 Å². The van der Waals surface area contributed by atoms with Gasteiger partial charge in [-0.1, -0.05) is 30.3 Å². The van der Waals surface area contributed by atoms with Crippen LogP contribution in [0.1, 0.15) is 62.4 Å². The average molecular weight is 545 g/mol. The molecule has 2 aromatic carbocycles. The predicted molar refractivity (Wildman–Crippen MR) is 143 cm³/mol. The molecule has 1 aliphatic rings. The Kier molecular flexibility index (Phi) is 10.2. The second-order valence-corrected chi connectivity index (χ2v) is 11.0. The van der Waals surface area contributed by atoms with Crippen LogP contribution in [0.5, 0.6) is 0 Å². The van der Waals surface area contributed by atoms with Crippen LogP contribution >= 0.6 is 0 Å². The molecular weight excluding hydrogens is 506 g/mol. The van der Waals surface area contributed by atoms with E-state index in [2.05, 4.69) is 5.32 Å². The van der Waals surface area contributed by atoms with E-state index in [1.165, 1.54) is 6.07 Å². The fourth-order valence-electron chi connectivity index (χ4n) is 5.17. The number of hydrogen-bond donors (Lipinski definition) is 2. The van der Waals surface area contributed by atoms with E-state index in [0.29, 0.717) is 38.8 Å². The molecule has 1 fully saturated rings. The number of nitrogens with one attached hydrogen (secondary N) is 1. The highest BCUT2D eigenvalue weighted by atomic mass is 19.2. The number of aliphatic hydroxyl groups is 1. The number of amides is 2. The molecule has 1 saturated heterocycles. The molecule has 2 amide bonds. The number of benzene rings is 2. The van der Waals surface area contributed by atoms with Gasteiger partial charge in [0.15, 0.2) is 11.6 Å². The maximum atomic E-state index is 13.9. The van der Waals surface area contributed by atoms with Crippen molar-refractivity contribution < 1.29 is 33.0 Å². The van der Waals surface area contributed by atoms with Gasteiger partial charge in [0.25, 0.3) is 5.91 Å². The van der Waals surface area contributed by atoms with Crippen molar-refractivity contribution in [2.45, 2.75) is 58.5 Å². The van der Waals surface area contributed by atoms with Gasteiger partial charge in [-0.3, -0.25) is 14.4 Å². The van der Waals surface area contributed by atoms with Crippen LogP contribution in [0, 0.1) is 23.0 Å². The Labute approximate surface area is 228 Å². The molecule has 7 nitrogen and oxygen atoms in total. The number of halogens is 2. The first-order chi connectivity index (χ1) is 18.5. The molecule has 9 heteroatoms. The van der Waals surface area contributed by atoms with Gasteiger partial charge in [-0.15, -0.1) is 0 Å². The van der Waals surface area contributed by atoms with Crippen LogP contribution in [-0.4, -0.2) is 59.6 Å². The average Bonchev–Trinajstić information content (AvgIpc) is 3.20. The topological polar surface area (TPSA) is 95.9 Å². The highest BCUT2D eigenvalue weighted by Crippen LogP contribution is 2.46. The van der Waals surface area contributed by atoms with Crippen LogP contribution in [-0.2, 0) is 20.7 Å². The first-order valence-electron chi connectivity index (χ1n) is 13.4. The minimum absolute atomic E-state index is 0.0138. The molecule has 2 atom stereocenters. The van der Waals surface area contributed by atoms with Gasteiger partial charge in [0.2, 0.25) is 5.91 Å². The van der Waals surface area contributed by atoms with Crippen molar-refractivity contribution in [3.63, 3.8) is 0 Å². The SMILES string of the molecule is CC(C)(C)OC(=O)C(CCNC(=O)c1ccc(F)c(F)c1)C1(CCCO)CCN(CCc2ccccc2)C1=O. The lowest BCUT2D eigenvalue weighted by atomic mass is 9.69. The third-order valence-electron chi connectivity index (χ3n) is 7.09. The number of carbonyl (C=O) groups is 3. The number of likely N-dealkylation sites (tertiary alicyclic amines) is 1. The van der Waals surface area contributed by atoms with Gasteiger partial charge in [-0.25, -0.2) is 8.78 Å². The van der Waals surface area contributed by atoms with Crippen molar-refractivity contribution in [1.82, 2.24) is 10.2 Å². The second-order valence-electron chi connectivity index (χ2n) is 11.0. The number of esters is 1. The van der Waals surface area contributed by atoms with E-state index in [9.17, 15) is 28.3 Å². The van der Waals surface area contributed by atoms with Crippen LogP contribution in [0.25, 0.3) is 0 Å². The number of rotatable bonds is 12. The Balaban J connectivity index is 1.80. The van der Waals surface area contributed by atoms with Crippen LogP contribution in [0.2, 0.25) is 0 Å². The van der Waals surface area contributed by atoms with E-state index in [4.69, 9.17) is 4.74 Å². The maximum absolute atomic E-state index is 13.9. The highest BCUT2D eigenvalue weighted by Gasteiger charge is 2.54. The molecule has 0 radical (unpaired) electrons. The Bertz CT molecular complexity index is 1150. The van der Waals surface area contributed by atoms with Crippen molar-refractivity contribution in [2.24, 2.45) is 11.3 Å². The molecule has 0 aliphatic carbocycles. The van der Waals surface area contributed by atoms with E-state index in [1.54, 1.807) is 25.7 Å². The minimum Gasteiger partial charge on any atom is -0.460 e. The number of nitrogens with zero attached hydrogens (tertiary/aromatic N) is 1. The van der Waals surface area contributed by atoms with Gasteiger partial charge < -0.3 is 20.1 Å². The standard InChI is InChI=1S/C30H38F2N2O5/c1-29(2,3)39-27(37)23(12-16-33-26(36)22-10-11-24(31)25(32)20-22)30(14-7-19-35)15-18-34(28(30)38)17-13-21-8-5-4-6-9-21/h4-6,8-11,20,23,35H,7,12-19H2,1-3H3,(H,33,36). The fraction of sp³-hybridized carbons (Fsp3) is 0.500. The van der Waals surface area contributed by atoms with Gasteiger partial charge in [0.1, 0.15) is 5.60 Å². The largest absolute Gasteiger partial charge is 0.460 e. The molecule has 1 heterocycles. The zero-order valence-corrected chi connectivity index (χ0v) is 22.8. The smallest absolute Gasteiger partial charge is 0.310 e. The van der Waals surface area contributed by atoms with Gasteiger partial charge >= 0.3 is 5.97 Å². The minimum atomic E-state index is -1.13. The first kappa shape index (κ1) is 30.2. The molecule has 2 aromatic rings. The Hall–Kier alpha value is -3.33. The van der Waals surface area contributed by atoms with Crippen molar-refractivity contribution >= 4 is 17.8 Å². The molecule has 2 N–H and O–H groups in total. The molecule has 2 unspecified atom stereocenters. The molecule has 0 aromatic heterocycles. The number of ether oxygens (including phenoxy) is 1. The molecular formula is C30H38F2N2O5. The van der Waals surface area contributed by atoms with E-state index in [1.807, 2.05) is 30.3 Å². The van der Waals surface area contributed by atoms with Gasteiger partial charge in [0.05, 0.1) is 11.3 Å². The summed E-state index contributed by atoms with van der Waals surface area (Å²) in [7, 11) is 0. The van der Waals surface area contributed by atoms with Gasteiger partial charge in [-0.2, -0.15) is 0 Å². The molecule has 0 bridgehead atoms. The Morgan fingerprint density at radius 2 is 1.85 bits per heavy atom. The van der Waals surface area contributed by atoms with Crippen LogP contribution in [0.15, 0.2) is 48.5 Å². The predicted octanol–water partition coefficient (Wildman–Crippen LogP) is 4.28. The summed E-state index contributed by atoms with van der Waals surface area (Å²) in [5.41, 5.74) is -0.838. The number of carbonyl (C=O) groups excluding carboxylic acids is 3. The summed E-state index contributed by atoms with van der Waals surface area (Å²) in [6, 6.07) is 12.7. The zero-order valence-electron chi connectivity index (χ0n) is 22.8. The van der Waals surface area contributed by atoms with Crippen molar-refractivity contribution in [3.05, 3.63) is 71.3 Å². The van der Waals surface area contributed by atoms with Crippen LogP contribution in [0.3, 0.4) is 0 Å². The van der Waals surface area contributed by atoms with Crippen LogP contribution < -0.4 is 5.32 Å². The van der Waals surface area contributed by atoms with Crippen molar-refractivity contribution in [3.8, 4) is 0 Å². The van der Waals surface area contributed by atoms with E-state index < -0.39 is 40.4 Å². The molecule has 1 aliphatic heterocycles. The molecule has 3 rings (SSSR count). The van der Waals surface area contributed by atoms with E-state index >= 15 is 0 Å². The summed E-state index contributed by atoms with van der Waals surface area (Å²) in [6.45, 7) is 6.09. The quantitative estimate of drug-likeness (QED) is 0.389. The van der Waals surface area contributed by atoms with E-state index in [-0.39, 0.29) is 31.0 Å².